The molecule has 2 aromatic rings. The molecule has 7 heteroatoms. The fourth-order valence-corrected chi connectivity index (χ4v) is 3.37. The zero-order valence-corrected chi connectivity index (χ0v) is 17.6. The highest BCUT2D eigenvalue weighted by atomic mass is 16.6. The monoisotopic (exact) mass is 410 g/mol. The summed E-state index contributed by atoms with van der Waals surface area (Å²) in [6.45, 7) is 6.89. The predicted molar refractivity (Wildman–Crippen MR) is 114 cm³/mol. The minimum Gasteiger partial charge on any atom is -0.452 e. The number of para-hydroxylation sites is 1. The van der Waals surface area contributed by atoms with Gasteiger partial charge in [0.1, 0.15) is 5.60 Å². The van der Waals surface area contributed by atoms with Crippen LogP contribution in [-0.4, -0.2) is 36.2 Å². The van der Waals surface area contributed by atoms with Crippen molar-refractivity contribution in [2.75, 3.05) is 16.8 Å². The van der Waals surface area contributed by atoms with E-state index < -0.39 is 17.7 Å². The molecule has 0 saturated heterocycles. The number of fused-ring (bicyclic) bond motifs is 1. The molecule has 30 heavy (non-hydrogen) atoms. The summed E-state index contributed by atoms with van der Waals surface area (Å²) in [5, 5.41) is 2.58. The molecule has 0 aliphatic carbocycles. The molecule has 0 saturated carbocycles. The Kier molecular flexibility index (Phi) is 6.10. The van der Waals surface area contributed by atoms with Crippen molar-refractivity contribution in [1.29, 1.82) is 0 Å². The third-order valence-electron chi connectivity index (χ3n) is 4.55. The summed E-state index contributed by atoms with van der Waals surface area (Å²) < 4.78 is 10.4. The summed E-state index contributed by atoms with van der Waals surface area (Å²) in [5.74, 6) is -0.917. The van der Waals surface area contributed by atoms with E-state index in [0.29, 0.717) is 5.69 Å². The highest BCUT2D eigenvalue weighted by Gasteiger charge is 2.31. The molecule has 0 aromatic heterocycles. The lowest BCUT2D eigenvalue weighted by Gasteiger charge is -2.22. The van der Waals surface area contributed by atoms with Crippen molar-refractivity contribution >= 4 is 29.3 Å². The van der Waals surface area contributed by atoms with Gasteiger partial charge in [-0.05, 0) is 63.9 Å². The Labute approximate surface area is 176 Å². The van der Waals surface area contributed by atoms with Crippen molar-refractivity contribution in [3.05, 3.63) is 59.7 Å². The molecular weight excluding hydrogens is 384 g/mol. The number of anilines is 2. The SMILES string of the molecule is C[C@H]1Cc2ccccc2N1C(=O)COC(=O)c1cccc(NC(=O)OC(C)(C)C)c1. The Bertz CT molecular complexity index is 964. The van der Waals surface area contributed by atoms with Gasteiger partial charge in [-0.25, -0.2) is 9.59 Å². The van der Waals surface area contributed by atoms with Crippen LogP contribution < -0.4 is 10.2 Å². The van der Waals surface area contributed by atoms with Crippen LogP contribution >= 0.6 is 0 Å². The second-order valence-corrected chi connectivity index (χ2v) is 8.23. The standard InChI is InChI=1S/C23H26N2O5/c1-15-12-16-8-5-6-11-19(16)25(15)20(26)14-29-21(27)17-9-7-10-18(13-17)24-22(28)30-23(2,3)4/h5-11,13,15H,12,14H2,1-4H3,(H,24,28)/t15-/m0/s1. The molecule has 158 valence electrons. The molecule has 1 N–H and O–H groups in total. The average Bonchev–Trinajstić information content (AvgIpc) is 3.00. The van der Waals surface area contributed by atoms with Crippen LogP contribution in [0.1, 0.15) is 43.6 Å². The lowest BCUT2D eigenvalue weighted by Crippen LogP contribution is -2.38. The average molecular weight is 410 g/mol. The van der Waals surface area contributed by atoms with E-state index in [1.54, 1.807) is 43.9 Å². The van der Waals surface area contributed by atoms with E-state index in [4.69, 9.17) is 9.47 Å². The molecule has 2 aromatic carbocycles. The topological polar surface area (TPSA) is 84.9 Å². The predicted octanol–water partition coefficient (Wildman–Crippen LogP) is 4.17. The van der Waals surface area contributed by atoms with Gasteiger partial charge in [0.2, 0.25) is 0 Å². The number of hydrogen-bond acceptors (Lipinski definition) is 5. The fraction of sp³-hybridized carbons (Fsp3) is 0.348. The van der Waals surface area contributed by atoms with Crippen molar-refractivity contribution in [3.63, 3.8) is 0 Å². The van der Waals surface area contributed by atoms with Crippen LogP contribution in [0.25, 0.3) is 0 Å². The number of amides is 2. The number of benzene rings is 2. The van der Waals surface area contributed by atoms with Crippen LogP contribution in [0.5, 0.6) is 0 Å². The molecule has 7 nitrogen and oxygen atoms in total. The van der Waals surface area contributed by atoms with Crippen LogP contribution in [0, 0.1) is 0 Å². The maximum absolute atomic E-state index is 12.7. The third-order valence-corrected chi connectivity index (χ3v) is 4.55. The Balaban J connectivity index is 1.60. The van der Waals surface area contributed by atoms with E-state index in [-0.39, 0.29) is 24.1 Å². The van der Waals surface area contributed by atoms with Gasteiger partial charge in [-0.2, -0.15) is 0 Å². The lowest BCUT2D eigenvalue weighted by molar-refractivity contribution is -0.122. The number of esters is 1. The lowest BCUT2D eigenvalue weighted by atomic mass is 10.1. The first-order valence-corrected chi connectivity index (χ1v) is 9.81. The quantitative estimate of drug-likeness (QED) is 0.765. The summed E-state index contributed by atoms with van der Waals surface area (Å²) >= 11 is 0. The number of nitrogens with zero attached hydrogens (tertiary/aromatic N) is 1. The highest BCUT2D eigenvalue weighted by molar-refractivity contribution is 5.99. The van der Waals surface area contributed by atoms with Gasteiger partial charge in [0, 0.05) is 17.4 Å². The second-order valence-electron chi connectivity index (χ2n) is 8.23. The van der Waals surface area contributed by atoms with Crippen molar-refractivity contribution < 1.29 is 23.9 Å². The summed E-state index contributed by atoms with van der Waals surface area (Å²) in [6.07, 6.45) is 0.152. The first-order valence-electron chi connectivity index (χ1n) is 9.81. The molecule has 0 bridgehead atoms. The maximum Gasteiger partial charge on any atom is 0.412 e. The molecule has 0 unspecified atom stereocenters. The molecule has 0 spiro atoms. The van der Waals surface area contributed by atoms with Gasteiger partial charge in [-0.15, -0.1) is 0 Å². The summed E-state index contributed by atoms with van der Waals surface area (Å²) in [4.78, 5) is 38.7. The zero-order valence-electron chi connectivity index (χ0n) is 17.6. The highest BCUT2D eigenvalue weighted by Crippen LogP contribution is 2.31. The van der Waals surface area contributed by atoms with E-state index in [1.165, 1.54) is 6.07 Å². The minimum absolute atomic E-state index is 0.00922. The van der Waals surface area contributed by atoms with Gasteiger partial charge in [-0.3, -0.25) is 10.1 Å². The van der Waals surface area contributed by atoms with E-state index in [2.05, 4.69) is 5.32 Å². The molecule has 0 fully saturated rings. The smallest absolute Gasteiger partial charge is 0.412 e. The van der Waals surface area contributed by atoms with Crippen LogP contribution in [0.3, 0.4) is 0 Å². The second kappa shape index (κ2) is 8.57. The largest absolute Gasteiger partial charge is 0.452 e. The Morgan fingerprint density at radius 1 is 1.10 bits per heavy atom. The van der Waals surface area contributed by atoms with Gasteiger partial charge in [0.15, 0.2) is 6.61 Å². The number of carbonyl (C=O) groups is 3. The first-order chi connectivity index (χ1) is 14.1. The van der Waals surface area contributed by atoms with Gasteiger partial charge >= 0.3 is 12.1 Å². The number of rotatable bonds is 4. The van der Waals surface area contributed by atoms with Gasteiger partial charge in [0.05, 0.1) is 5.56 Å². The normalized spacial score (nSPS) is 15.3. The summed E-state index contributed by atoms with van der Waals surface area (Å²) in [5.41, 5.74) is 1.95. The first kappa shape index (κ1) is 21.4. The number of nitrogens with one attached hydrogen (secondary N) is 1. The summed E-state index contributed by atoms with van der Waals surface area (Å²) in [6, 6.07) is 14.0. The Morgan fingerprint density at radius 3 is 2.57 bits per heavy atom. The third kappa shape index (κ3) is 5.17. The van der Waals surface area contributed by atoms with Gasteiger partial charge < -0.3 is 14.4 Å². The number of ether oxygens (including phenoxy) is 2. The molecular formula is C23H26N2O5. The zero-order chi connectivity index (χ0) is 21.9. The molecule has 3 rings (SSSR count). The van der Waals surface area contributed by atoms with Crippen LogP contribution in [0.15, 0.2) is 48.5 Å². The van der Waals surface area contributed by atoms with E-state index in [0.717, 1.165) is 17.7 Å². The summed E-state index contributed by atoms with van der Waals surface area (Å²) in [7, 11) is 0. The van der Waals surface area contributed by atoms with E-state index >= 15 is 0 Å². The fourth-order valence-electron chi connectivity index (χ4n) is 3.37. The van der Waals surface area contributed by atoms with Crippen LogP contribution in [-0.2, 0) is 20.7 Å². The van der Waals surface area contributed by atoms with E-state index in [1.807, 2.05) is 31.2 Å². The van der Waals surface area contributed by atoms with E-state index in [9.17, 15) is 14.4 Å². The molecule has 1 aliphatic heterocycles. The molecule has 1 heterocycles. The maximum atomic E-state index is 12.7. The number of carbonyl (C=O) groups excluding carboxylic acids is 3. The van der Waals surface area contributed by atoms with Crippen LogP contribution in [0.2, 0.25) is 0 Å². The molecule has 2 amide bonds. The Hall–Kier alpha value is -3.35. The molecule has 1 atom stereocenters. The van der Waals surface area contributed by atoms with Gasteiger partial charge in [0.25, 0.3) is 5.91 Å². The Morgan fingerprint density at radius 2 is 1.83 bits per heavy atom. The van der Waals surface area contributed by atoms with Gasteiger partial charge in [-0.1, -0.05) is 24.3 Å². The molecule has 0 radical (unpaired) electrons. The van der Waals surface area contributed by atoms with Crippen LogP contribution in [0.4, 0.5) is 16.2 Å². The van der Waals surface area contributed by atoms with Crippen molar-refractivity contribution in [2.45, 2.75) is 45.8 Å². The molecule has 1 aliphatic rings. The minimum atomic E-state index is -0.642. The van der Waals surface area contributed by atoms with Crippen molar-refractivity contribution in [1.82, 2.24) is 0 Å². The van der Waals surface area contributed by atoms with Crippen molar-refractivity contribution in [2.24, 2.45) is 0 Å². The number of hydrogen-bond donors (Lipinski definition) is 1. The van der Waals surface area contributed by atoms with Crippen molar-refractivity contribution in [3.8, 4) is 0 Å².